The van der Waals surface area contributed by atoms with Crippen LogP contribution in [0.25, 0.3) is 0 Å². The van der Waals surface area contributed by atoms with Gasteiger partial charge in [0.05, 0.1) is 5.41 Å². The largest absolute Gasteiger partial charge is 0.281 e. The molecule has 5 heteroatoms. The van der Waals surface area contributed by atoms with Gasteiger partial charge in [0.2, 0.25) is 12.3 Å². The van der Waals surface area contributed by atoms with E-state index in [0.29, 0.717) is 16.7 Å². The lowest BCUT2D eigenvalue weighted by Crippen LogP contribution is -2.52. The molecule has 0 spiro atoms. The van der Waals surface area contributed by atoms with E-state index in [1.54, 1.807) is 25.1 Å². The number of hydrogen-bond acceptors (Lipinski definition) is 2. The number of aryl methyl sites for hydroxylation is 1. The van der Waals surface area contributed by atoms with Crippen LogP contribution >= 0.6 is 0 Å². The van der Waals surface area contributed by atoms with Gasteiger partial charge < -0.3 is 0 Å². The number of halogens is 2. The fraction of sp³-hybridized carbons (Fsp3) is 0.429. The van der Waals surface area contributed by atoms with Crippen molar-refractivity contribution >= 4 is 11.8 Å². The zero-order chi connectivity index (χ0) is 14.4. The van der Waals surface area contributed by atoms with Crippen molar-refractivity contribution in [2.45, 2.75) is 32.1 Å². The van der Waals surface area contributed by atoms with Crippen LogP contribution in [0, 0.1) is 6.92 Å². The molecule has 0 saturated carbocycles. The van der Waals surface area contributed by atoms with Crippen LogP contribution < -0.4 is 0 Å². The standard InChI is InChI=1S/C14H15F2NO2/c1-8-5-4-6-9-11(8)14(2,7-10(15)16)13(19)17(3)12(9)18/h4-6,10H,7H2,1-3H3. The van der Waals surface area contributed by atoms with Gasteiger partial charge in [-0.2, -0.15) is 0 Å². The number of nitrogens with zero attached hydrogens (tertiary/aromatic N) is 1. The summed E-state index contributed by atoms with van der Waals surface area (Å²) in [5.74, 6) is -1.00. The third-order valence-electron chi connectivity index (χ3n) is 3.70. The molecule has 1 aliphatic rings. The Bertz CT molecular complexity index is 556. The van der Waals surface area contributed by atoms with Crippen molar-refractivity contribution in [3.63, 3.8) is 0 Å². The minimum atomic E-state index is -2.61. The maximum Gasteiger partial charge on any atom is 0.260 e. The Hall–Kier alpha value is -1.78. The summed E-state index contributed by atoms with van der Waals surface area (Å²) in [6, 6.07) is 5.00. The number of carbonyl (C=O) groups is 2. The van der Waals surface area contributed by atoms with Crippen molar-refractivity contribution in [1.82, 2.24) is 4.90 Å². The Labute approximate surface area is 110 Å². The van der Waals surface area contributed by atoms with Gasteiger partial charge in [-0.1, -0.05) is 12.1 Å². The Morgan fingerprint density at radius 3 is 2.53 bits per heavy atom. The van der Waals surface area contributed by atoms with Crippen molar-refractivity contribution in [1.29, 1.82) is 0 Å². The van der Waals surface area contributed by atoms with Gasteiger partial charge in [-0.15, -0.1) is 0 Å². The van der Waals surface area contributed by atoms with Crippen molar-refractivity contribution in [3.8, 4) is 0 Å². The average molecular weight is 267 g/mol. The molecule has 1 unspecified atom stereocenters. The second-order valence-electron chi connectivity index (χ2n) is 5.09. The summed E-state index contributed by atoms with van der Waals surface area (Å²) >= 11 is 0. The zero-order valence-corrected chi connectivity index (χ0v) is 11.0. The van der Waals surface area contributed by atoms with Crippen LogP contribution in [0.5, 0.6) is 0 Å². The molecular weight excluding hydrogens is 252 g/mol. The molecule has 19 heavy (non-hydrogen) atoms. The highest BCUT2D eigenvalue weighted by atomic mass is 19.3. The highest BCUT2D eigenvalue weighted by molar-refractivity contribution is 6.13. The molecule has 1 heterocycles. The molecule has 0 saturated heterocycles. The molecule has 0 fully saturated rings. The minimum Gasteiger partial charge on any atom is -0.281 e. The van der Waals surface area contributed by atoms with Gasteiger partial charge in [0.25, 0.3) is 5.91 Å². The van der Waals surface area contributed by atoms with E-state index in [1.807, 2.05) is 0 Å². The van der Waals surface area contributed by atoms with Gasteiger partial charge >= 0.3 is 0 Å². The number of likely N-dealkylation sites (N-methyl/N-ethyl adjacent to an activating group) is 1. The fourth-order valence-corrected chi connectivity index (χ4v) is 2.83. The first-order chi connectivity index (χ1) is 8.79. The molecular formula is C14H15F2NO2. The second-order valence-corrected chi connectivity index (χ2v) is 5.09. The summed E-state index contributed by atoms with van der Waals surface area (Å²) in [5, 5.41) is 0. The number of fused-ring (bicyclic) bond motifs is 1. The lowest BCUT2D eigenvalue weighted by atomic mass is 9.71. The third kappa shape index (κ3) is 1.93. The van der Waals surface area contributed by atoms with Crippen LogP contribution in [0.4, 0.5) is 8.78 Å². The minimum absolute atomic E-state index is 0.338. The number of carbonyl (C=O) groups excluding carboxylic acids is 2. The molecule has 1 atom stereocenters. The topological polar surface area (TPSA) is 37.4 Å². The molecule has 1 aliphatic heterocycles. The first-order valence-corrected chi connectivity index (χ1v) is 5.99. The van der Waals surface area contributed by atoms with Gasteiger partial charge in [-0.05, 0) is 31.0 Å². The van der Waals surface area contributed by atoms with E-state index in [-0.39, 0.29) is 0 Å². The van der Waals surface area contributed by atoms with E-state index in [1.165, 1.54) is 14.0 Å². The van der Waals surface area contributed by atoms with E-state index in [2.05, 4.69) is 0 Å². The van der Waals surface area contributed by atoms with Crippen LogP contribution in [-0.2, 0) is 10.2 Å². The second kappa shape index (κ2) is 4.40. The van der Waals surface area contributed by atoms with Crippen molar-refractivity contribution in [3.05, 3.63) is 34.9 Å². The Morgan fingerprint density at radius 1 is 1.32 bits per heavy atom. The summed E-state index contributed by atoms with van der Waals surface area (Å²) in [4.78, 5) is 25.3. The molecule has 3 nitrogen and oxygen atoms in total. The normalized spacial score (nSPS) is 22.9. The number of imide groups is 1. The molecule has 1 aromatic carbocycles. The predicted octanol–water partition coefficient (Wildman–Crippen LogP) is 2.52. The van der Waals surface area contributed by atoms with Crippen molar-refractivity contribution in [2.24, 2.45) is 0 Å². The quantitative estimate of drug-likeness (QED) is 0.772. The summed E-state index contributed by atoms with van der Waals surface area (Å²) in [7, 11) is 1.33. The summed E-state index contributed by atoms with van der Waals surface area (Å²) < 4.78 is 25.7. The van der Waals surface area contributed by atoms with Gasteiger partial charge in [-0.3, -0.25) is 14.5 Å². The van der Waals surface area contributed by atoms with Gasteiger partial charge in [0.15, 0.2) is 0 Å². The van der Waals surface area contributed by atoms with Gasteiger partial charge in [0, 0.05) is 19.0 Å². The molecule has 2 amide bonds. The van der Waals surface area contributed by atoms with Gasteiger partial charge in [-0.25, -0.2) is 8.78 Å². The van der Waals surface area contributed by atoms with E-state index in [0.717, 1.165) is 4.90 Å². The highest BCUT2D eigenvalue weighted by Crippen LogP contribution is 2.40. The molecule has 0 bridgehead atoms. The molecule has 0 aromatic heterocycles. The van der Waals surface area contributed by atoms with Crippen LogP contribution in [0.1, 0.15) is 34.8 Å². The molecule has 0 radical (unpaired) electrons. The maximum absolute atomic E-state index is 12.8. The van der Waals surface area contributed by atoms with Gasteiger partial charge in [0.1, 0.15) is 0 Å². The highest BCUT2D eigenvalue weighted by Gasteiger charge is 2.48. The van der Waals surface area contributed by atoms with E-state index >= 15 is 0 Å². The van der Waals surface area contributed by atoms with Crippen LogP contribution in [0.3, 0.4) is 0 Å². The summed E-state index contributed by atoms with van der Waals surface area (Å²) in [6.07, 6.45) is -3.19. The predicted molar refractivity (Wildman–Crippen MR) is 66.3 cm³/mol. The zero-order valence-electron chi connectivity index (χ0n) is 11.0. The average Bonchev–Trinajstić information content (AvgIpc) is 2.33. The Kier molecular flexibility index (Phi) is 3.16. The number of benzene rings is 1. The summed E-state index contributed by atoms with van der Waals surface area (Å²) in [6.45, 7) is 3.21. The maximum atomic E-state index is 12.8. The lowest BCUT2D eigenvalue weighted by Gasteiger charge is -2.39. The first kappa shape index (κ1) is 13.6. The van der Waals surface area contributed by atoms with Crippen molar-refractivity contribution in [2.75, 3.05) is 7.05 Å². The molecule has 2 rings (SSSR count). The molecule has 0 aliphatic carbocycles. The van der Waals surface area contributed by atoms with Crippen LogP contribution in [-0.4, -0.2) is 30.2 Å². The smallest absolute Gasteiger partial charge is 0.260 e. The van der Waals surface area contributed by atoms with E-state index in [9.17, 15) is 18.4 Å². The molecule has 1 aromatic rings. The monoisotopic (exact) mass is 267 g/mol. The van der Waals surface area contributed by atoms with E-state index < -0.39 is 30.1 Å². The lowest BCUT2D eigenvalue weighted by molar-refractivity contribution is -0.135. The third-order valence-corrected chi connectivity index (χ3v) is 3.70. The SMILES string of the molecule is Cc1cccc2c1C(C)(CC(F)F)C(=O)N(C)C2=O. The molecule has 102 valence electrons. The van der Waals surface area contributed by atoms with Crippen LogP contribution in [0.2, 0.25) is 0 Å². The fourth-order valence-electron chi connectivity index (χ4n) is 2.83. The Morgan fingerprint density at radius 2 is 1.95 bits per heavy atom. The Balaban J connectivity index is 2.71. The van der Waals surface area contributed by atoms with Crippen LogP contribution in [0.15, 0.2) is 18.2 Å². The molecule has 0 N–H and O–H groups in total. The number of amides is 2. The summed E-state index contributed by atoms with van der Waals surface area (Å²) in [5.41, 5.74) is 0.112. The number of hydrogen-bond donors (Lipinski definition) is 0. The first-order valence-electron chi connectivity index (χ1n) is 5.99. The van der Waals surface area contributed by atoms with Crippen molar-refractivity contribution < 1.29 is 18.4 Å². The number of alkyl halides is 2. The number of rotatable bonds is 2. The van der Waals surface area contributed by atoms with E-state index in [4.69, 9.17) is 0 Å².